The lowest BCUT2D eigenvalue weighted by molar-refractivity contribution is 1.27. The largest absolute Gasteiger partial charge is 0.398 e. The lowest BCUT2D eigenvalue weighted by Crippen LogP contribution is -1.92. The Bertz CT molecular complexity index is 548. The number of halogens is 1. The van der Waals surface area contributed by atoms with Crippen molar-refractivity contribution in [3.05, 3.63) is 53.1 Å². The molecule has 0 aliphatic heterocycles. The van der Waals surface area contributed by atoms with Crippen LogP contribution in [0.4, 0.5) is 10.9 Å². The summed E-state index contributed by atoms with van der Waals surface area (Å²) in [6, 6.07) is 3.80. The number of thiazole rings is 1. The van der Waals surface area contributed by atoms with Crippen LogP contribution in [0.15, 0.2) is 48.2 Å². The molecule has 2 aromatic heterocycles. The van der Waals surface area contributed by atoms with E-state index in [9.17, 15) is 0 Å². The molecule has 0 amide bonds. The normalized spacial score (nSPS) is 10.5. The van der Waals surface area contributed by atoms with Crippen molar-refractivity contribution in [3.8, 4) is 0 Å². The highest BCUT2D eigenvalue weighted by Crippen LogP contribution is 2.25. The van der Waals surface area contributed by atoms with Crippen LogP contribution in [0.1, 0.15) is 11.8 Å². The van der Waals surface area contributed by atoms with Gasteiger partial charge in [-0.25, -0.2) is 9.97 Å². The van der Waals surface area contributed by atoms with Crippen molar-refractivity contribution in [3.63, 3.8) is 0 Å². The smallest absolute Gasteiger partial charge is 0.188 e. The minimum Gasteiger partial charge on any atom is -0.398 e. The fourth-order valence-electron chi connectivity index (χ4n) is 1.17. The van der Waals surface area contributed by atoms with Crippen LogP contribution in [0.3, 0.4) is 0 Å². The summed E-state index contributed by atoms with van der Waals surface area (Å²) in [5, 5.41) is 3.90. The van der Waals surface area contributed by atoms with E-state index in [-0.39, 0.29) is 0 Å². The lowest BCUT2D eigenvalue weighted by atomic mass is 10.4. The van der Waals surface area contributed by atoms with E-state index in [4.69, 9.17) is 5.73 Å². The van der Waals surface area contributed by atoms with Crippen LogP contribution in [0.25, 0.3) is 5.70 Å². The molecule has 0 fully saturated rings. The molecule has 0 bridgehead atoms. The number of aromatic nitrogens is 2. The second-order valence-electron chi connectivity index (χ2n) is 3.26. The molecule has 100 valence electrons. The first-order valence-corrected chi connectivity index (χ1v) is 7.06. The average molecular weight is 339 g/mol. The van der Waals surface area contributed by atoms with Gasteiger partial charge in [-0.05, 0) is 35.0 Å². The minimum absolute atomic E-state index is 0.735. The zero-order chi connectivity index (χ0) is 14.3. The van der Waals surface area contributed by atoms with Gasteiger partial charge in [0.1, 0.15) is 5.82 Å². The Morgan fingerprint density at radius 3 is 2.68 bits per heavy atom. The van der Waals surface area contributed by atoms with E-state index in [1.54, 1.807) is 12.4 Å². The van der Waals surface area contributed by atoms with Crippen LogP contribution in [0.2, 0.25) is 0 Å². The van der Waals surface area contributed by atoms with Gasteiger partial charge in [-0.3, -0.25) is 0 Å². The molecule has 6 heteroatoms. The Morgan fingerprint density at radius 1 is 1.37 bits per heavy atom. The molecule has 0 aliphatic rings. The molecule has 0 unspecified atom stereocenters. The molecule has 19 heavy (non-hydrogen) atoms. The second-order valence-corrected chi connectivity index (χ2v) is 5.21. The maximum atomic E-state index is 5.80. The van der Waals surface area contributed by atoms with E-state index in [2.05, 4.69) is 44.4 Å². The van der Waals surface area contributed by atoms with Crippen LogP contribution >= 0.6 is 27.3 Å². The highest BCUT2D eigenvalue weighted by Gasteiger charge is 2.04. The van der Waals surface area contributed by atoms with Crippen molar-refractivity contribution in [2.24, 2.45) is 5.73 Å². The molecular weight excluding hydrogens is 324 g/mol. The molecule has 2 aromatic rings. The lowest BCUT2D eigenvalue weighted by Gasteiger charge is -2.00. The van der Waals surface area contributed by atoms with E-state index in [0.29, 0.717) is 0 Å². The zero-order valence-corrected chi connectivity index (χ0v) is 13.0. The van der Waals surface area contributed by atoms with Crippen LogP contribution in [0.5, 0.6) is 0 Å². The third-order valence-electron chi connectivity index (χ3n) is 2.06. The quantitative estimate of drug-likeness (QED) is 0.824. The van der Waals surface area contributed by atoms with Crippen LogP contribution < -0.4 is 11.1 Å². The van der Waals surface area contributed by atoms with Gasteiger partial charge >= 0.3 is 0 Å². The molecule has 4 nitrogen and oxygen atoms in total. The third kappa shape index (κ3) is 4.50. The van der Waals surface area contributed by atoms with Gasteiger partial charge in [0.05, 0.1) is 4.88 Å². The van der Waals surface area contributed by atoms with Crippen LogP contribution in [-0.4, -0.2) is 9.97 Å². The Balaban J connectivity index is 0.000000861. The van der Waals surface area contributed by atoms with Crippen molar-refractivity contribution in [1.82, 2.24) is 9.97 Å². The summed E-state index contributed by atoms with van der Waals surface area (Å²) in [5.74, 6) is 0.758. The third-order valence-corrected chi connectivity index (χ3v) is 3.49. The predicted octanol–water partition coefficient (Wildman–Crippen LogP) is 4.17. The minimum atomic E-state index is 0.735. The van der Waals surface area contributed by atoms with Gasteiger partial charge in [-0.15, -0.1) is 13.2 Å². The topological polar surface area (TPSA) is 63.8 Å². The predicted molar refractivity (Wildman–Crippen MR) is 86.4 cm³/mol. The fraction of sp³-hybridized carbons (Fsp3) is 0.0769. The molecule has 0 atom stereocenters. The monoisotopic (exact) mass is 338 g/mol. The number of nitrogens with two attached hydrogens (primary N) is 1. The molecule has 0 saturated carbocycles. The Hall–Kier alpha value is -1.66. The molecular formula is C13H15BrN4S. The molecule has 0 saturated heterocycles. The van der Waals surface area contributed by atoms with Crippen LogP contribution in [-0.2, 0) is 0 Å². The van der Waals surface area contributed by atoms with Crippen molar-refractivity contribution >= 4 is 43.9 Å². The summed E-state index contributed by atoms with van der Waals surface area (Å²) in [4.78, 5) is 9.40. The Morgan fingerprint density at radius 2 is 2.11 bits per heavy atom. The number of allylic oxidation sites excluding steroid dienone is 1. The molecule has 3 N–H and O–H groups in total. The van der Waals surface area contributed by atoms with Gasteiger partial charge in [0.15, 0.2) is 5.13 Å². The van der Waals surface area contributed by atoms with Gasteiger partial charge in [-0.1, -0.05) is 17.4 Å². The Kier molecular flexibility index (Phi) is 6.24. The molecule has 0 spiro atoms. The standard InChI is InChI=1S/C11H11BrN4S.C2H4/c1-2-8(13)9-6-15-11(17-9)16-10-4-3-7(12)5-14-10;1-2/h2-6H,13H2,1H3,(H,14,15,16);1-2H2/b8-2-;. The summed E-state index contributed by atoms with van der Waals surface area (Å²) in [6.07, 6.45) is 5.34. The number of hydrogen-bond donors (Lipinski definition) is 2. The van der Waals surface area contributed by atoms with Gasteiger partial charge in [0, 0.05) is 22.6 Å². The van der Waals surface area contributed by atoms with Crippen molar-refractivity contribution < 1.29 is 0 Å². The summed E-state index contributed by atoms with van der Waals surface area (Å²) in [7, 11) is 0. The first-order chi connectivity index (χ1) is 9.19. The first-order valence-electron chi connectivity index (χ1n) is 5.45. The highest BCUT2D eigenvalue weighted by molar-refractivity contribution is 9.10. The van der Waals surface area contributed by atoms with Crippen LogP contribution in [0, 0.1) is 0 Å². The molecule has 0 aromatic carbocycles. The Labute approximate surface area is 125 Å². The van der Waals surface area contributed by atoms with Crippen molar-refractivity contribution in [1.29, 1.82) is 0 Å². The van der Waals surface area contributed by atoms with E-state index in [0.717, 1.165) is 26.0 Å². The number of nitrogens with one attached hydrogen (secondary N) is 1. The number of rotatable bonds is 3. The van der Waals surface area contributed by atoms with Crippen molar-refractivity contribution in [2.75, 3.05) is 5.32 Å². The number of nitrogens with zero attached hydrogens (tertiary/aromatic N) is 2. The van der Waals surface area contributed by atoms with E-state index >= 15 is 0 Å². The van der Waals surface area contributed by atoms with Crippen molar-refractivity contribution in [2.45, 2.75) is 6.92 Å². The second kappa shape index (κ2) is 7.70. The van der Waals surface area contributed by atoms with E-state index in [1.165, 1.54) is 11.3 Å². The maximum absolute atomic E-state index is 5.80. The number of hydrogen-bond acceptors (Lipinski definition) is 5. The van der Waals surface area contributed by atoms with Gasteiger partial charge in [-0.2, -0.15) is 0 Å². The SMILES string of the molecule is C/C=C(\N)c1cnc(Nc2ccc(Br)cn2)s1.C=C. The zero-order valence-electron chi connectivity index (χ0n) is 10.6. The summed E-state index contributed by atoms with van der Waals surface area (Å²) < 4.78 is 0.945. The van der Waals surface area contributed by atoms with Gasteiger partial charge < -0.3 is 11.1 Å². The summed E-state index contributed by atoms with van der Waals surface area (Å²) in [6.45, 7) is 7.90. The highest BCUT2D eigenvalue weighted by atomic mass is 79.9. The molecule has 2 rings (SSSR count). The molecule has 2 heterocycles. The molecule has 0 aliphatic carbocycles. The molecule has 0 radical (unpaired) electrons. The maximum Gasteiger partial charge on any atom is 0.188 e. The van der Waals surface area contributed by atoms with E-state index in [1.807, 2.05) is 25.1 Å². The van der Waals surface area contributed by atoms with Gasteiger partial charge in [0.2, 0.25) is 0 Å². The first kappa shape index (κ1) is 15.4. The number of anilines is 2. The fourth-order valence-corrected chi connectivity index (χ4v) is 2.21. The average Bonchev–Trinajstić information content (AvgIpc) is 2.91. The number of pyridine rings is 1. The summed E-state index contributed by atoms with van der Waals surface area (Å²) >= 11 is 4.83. The van der Waals surface area contributed by atoms with Gasteiger partial charge in [0.25, 0.3) is 0 Å². The van der Waals surface area contributed by atoms with E-state index < -0.39 is 0 Å². The summed E-state index contributed by atoms with van der Waals surface area (Å²) in [5.41, 5.74) is 6.54.